The van der Waals surface area contributed by atoms with Crippen LogP contribution in [0.5, 0.6) is 0 Å². The molecule has 0 saturated heterocycles. The lowest BCUT2D eigenvalue weighted by Crippen LogP contribution is -2.31. The Kier molecular flexibility index (Phi) is 3.94. The van der Waals surface area contributed by atoms with Gasteiger partial charge < -0.3 is 9.64 Å². The lowest BCUT2D eigenvalue weighted by molar-refractivity contribution is -0.143. The minimum Gasteiger partial charge on any atom is -0.466 e. The van der Waals surface area contributed by atoms with E-state index in [2.05, 4.69) is 0 Å². The van der Waals surface area contributed by atoms with Crippen LogP contribution in [-0.4, -0.2) is 30.8 Å². The Labute approximate surface area is 111 Å². The molecular weight excluding hydrogens is 246 g/mol. The molecule has 1 aromatic rings. The number of para-hydroxylation sites is 1. The highest BCUT2D eigenvalue weighted by Gasteiger charge is 2.34. The van der Waals surface area contributed by atoms with Crippen LogP contribution >= 0.6 is 0 Å². The predicted molar refractivity (Wildman–Crippen MR) is 69.0 cm³/mol. The molecule has 1 aromatic carbocycles. The Hall–Kier alpha value is -2.17. The van der Waals surface area contributed by atoms with Gasteiger partial charge in [0.05, 0.1) is 17.9 Å². The molecule has 0 unspecified atom stereocenters. The van der Waals surface area contributed by atoms with Gasteiger partial charge in [0.15, 0.2) is 0 Å². The normalized spacial score (nSPS) is 13.6. The number of ketones is 1. The predicted octanol–water partition coefficient (Wildman–Crippen LogP) is 1.56. The molecule has 1 aliphatic heterocycles. The molecular formula is C14H15NO4. The fraction of sp³-hybridized carbons (Fsp3) is 0.357. The number of carbonyl (C=O) groups excluding carboxylic acids is 3. The Morgan fingerprint density at radius 2 is 2.00 bits per heavy atom. The summed E-state index contributed by atoms with van der Waals surface area (Å²) in [5.41, 5.74) is 1.06. The van der Waals surface area contributed by atoms with Crippen molar-refractivity contribution in [3.8, 4) is 0 Å². The number of anilines is 1. The van der Waals surface area contributed by atoms with Gasteiger partial charge >= 0.3 is 5.97 Å². The van der Waals surface area contributed by atoms with Gasteiger partial charge in [0, 0.05) is 13.0 Å². The standard InChI is InChI=1S/C14H15NO4/c1-2-19-12(16)8-5-9-15-11-7-4-3-6-10(11)13(17)14(15)18/h3-4,6-7H,2,5,8-9H2,1H3. The third-order valence-electron chi connectivity index (χ3n) is 2.95. The zero-order chi connectivity index (χ0) is 13.8. The van der Waals surface area contributed by atoms with Crippen molar-refractivity contribution in [3.63, 3.8) is 0 Å². The fourth-order valence-electron chi connectivity index (χ4n) is 2.08. The van der Waals surface area contributed by atoms with Gasteiger partial charge in [-0.1, -0.05) is 12.1 Å². The number of nitrogens with zero attached hydrogens (tertiary/aromatic N) is 1. The van der Waals surface area contributed by atoms with E-state index in [-0.39, 0.29) is 12.4 Å². The van der Waals surface area contributed by atoms with Gasteiger partial charge in [0.25, 0.3) is 11.7 Å². The summed E-state index contributed by atoms with van der Waals surface area (Å²) in [4.78, 5) is 36.2. The average molecular weight is 261 g/mol. The second kappa shape index (κ2) is 5.65. The first-order valence-electron chi connectivity index (χ1n) is 6.26. The molecule has 5 heteroatoms. The van der Waals surface area contributed by atoms with Crippen LogP contribution in [0.15, 0.2) is 24.3 Å². The molecule has 1 amide bonds. The van der Waals surface area contributed by atoms with Crippen molar-refractivity contribution < 1.29 is 19.1 Å². The minimum atomic E-state index is -0.523. The van der Waals surface area contributed by atoms with Gasteiger partial charge in [-0.15, -0.1) is 0 Å². The topological polar surface area (TPSA) is 63.7 Å². The monoisotopic (exact) mass is 261 g/mol. The van der Waals surface area contributed by atoms with E-state index in [9.17, 15) is 14.4 Å². The number of hydrogen-bond acceptors (Lipinski definition) is 4. The van der Waals surface area contributed by atoms with Crippen LogP contribution in [-0.2, 0) is 14.3 Å². The summed E-state index contributed by atoms with van der Waals surface area (Å²) in [6.07, 6.45) is 0.722. The van der Waals surface area contributed by atoms with Gasteiger partial charge in [-0.05, 0) is 25.5 Å². The van der Waals surface area contributed by atoms with Crippen LogP contribution < -0.4 is 4.90 Å². The molecule has 5 nitrogen and oxygen atoms in total. The maximum atomic E-state index is 11.8. The number of carbonyl (C=O) groups is 3. The maximum absolute atomic E-state index is 11.8. The van der Waals surface area contributed by atoms with Crippen molar-refractivity contribution >= 4 is 23.3 Å². The maximum Gasteiger partial charge on any atom is 0.305 e. The quantitative estimate of drug-likeness (QED) is 0.596. The van der Waals surface area contributed by atoms with E-state index < -0.39 is 11.7 Å². The van der Waals surface area contributed by atoms with E-state index in [0.29, 0.717) is 30.8 Å². The molecule has 1 heterocycles. The zero-order valence-electron chi connectivity index (χ0n) is 10.7. The van der Waals surface area contributed by atoms with Crippen molar-refractivity contribution in [1.29, 1.82) is 0 Å². The second-order valence-corrected chi connectivity index (χ2v) is 4.21. The van der Waals surface area contributed by atoms with Gasteiger partial charge in [-0.3, -0.25) is 14.4 Å². The molecule has 0 atom stereocenters. The van der Waals surface area contributed by atoms with Gasteiger partial charge in [-0.25, -0.2) is 0 Å². The Morgan fingerprint density at radius 1 is 1.26 bits per heavy atom. The smallest absolute Gasteiger partial charge is 0.305 e. The number of Topliss-reactive ketones (excluding diaryl/α,β-unsaturated/α-hetero) is 1. The van der Waals surface area contributed by atoms with Gasteiger partial charge in [-0.2, -0.15) is 0 Å². The summed E-state index contributed by atoms with van der Waals surface area (Å²) in [5, 5.41) is 0. The first-order chi connectivity index (χ1) is 9.15. The Balaban J connectivity index is 2.00. The van der Waals surface area contributed by atoms with Crippen molar-refractivity contribution in [2.24, 2.45) is 0 Å². The molecule has 19 heavy (non-hydrogen) atoms. The summed E-state index contributed by atoms with van der Waals surface area (Å²) >= 11 is 0. The molecule has 2 rings (SSSR count). The van der Waals surface area contributed by atoms with Crippen molar-refractivity contribution in [1.82, 2.24) is 0 Å². The molecule has 0 aliphatic carbocycles. The molecule has 0 N–H and O–H groups in total. The van der Waals surface area contributed by atoms with Crippen LogP contribution in [0.25, 0.3) is 0 Å². The van der Waals surface area contributed by atoms with Crippen molar-refractivity contribution in [2.75, 3.05) is 18.1 Å². The van der Waals surface area contributed by atoms with E-state index in [1.807, 2.05) is 0 Å². The van der Waals surface area contributed by atoms with Crippen LogP contribution in [0.1, 0.15) is 30.1 Å². The van der Waals surface area contributed by atoms with Crippen LogP contribution in [0.4, 0.5) is 5.69 Å². The average Bonchev–Trinajstić information content (AvgIpc) is 2.65. The summed E-state index contributed by atoms with van der Waals surface area (Å²) in [5.74, 6) is -1.29. The lowest BCUT2D eigenvalue weighted by atomic mass is 10.1. The first kappa shape index (κ1) is 13.3. The largest absolute Gasteiger partial charge is 0.466 e. The number of fused-ring (bicyclic) bond motifs is 1. The third-order valence-corrected chi connectivity index (χ3v) is 2.95. The summed E-state index contributed by atoms with van der Waals surface area (Å²) in [7, 11) is 0. The number of ether oxygens (including phenoxy) is 1. The van der Waals surface area contributed by atoms with Crippen LogP contribution in [0.3, 0.4) is 0 Å². The molecule has 0 spiro atoms. The van der Waals surface area contributed by atoms with Crippen molar-refractivity contribution in [2.45, 2.75) is 19.8 Å². The second-order valence-electron chi connectivity index (χ2n) is 4.21. The zero-order valence-corrected chi connectivity index (χ0v) is 10.7. The number of rotatable bonds is 5. The number of hydrogen-bond donors (Lipinski definition) is 0. The molecule has 0 bridgehead atoms. The number of esters is 1. The van der Waals surface area contributed by atoms with Crippen molar-refractivity contribution in [3.05, 3.63) is 29.8 Å². The highest BCUT2D eigenvalue weighted by atomic mass is 16.5. The first-order valence-corrected chi connectivity index (χ1v) is 6.26. The molecule has 0 fully saturated rings. The fourth-order valence-corrected chi connectivity index (χ4v) is 2.08. The summed E-state index contributed by atoms with van der Waals surface area (Å²) < 4.78 is 4.81. The highest BCUT2D eigenvalue weighted by Crippen LogP contribution is 2.28. The van der Waals surface area contributed by atoms with E-state index >= 15 is 0 Å². The van der Waals surface area contributed by atoms with Crippen LogP contribution in [0.2, 0.25) is 0 Å². The highest BCUT2D eigenvalue weighted by molar-refractivity contribution is 6.52. The third kappa shape index (κ3) is 2.65. The van der Waals surface area contributed by atoms with E-state index in [4.69, 9.17) is 4.74 Å². The molecule has 0 radical (unpaired) electrons. The van der Waals surface area contributed by atoms with E-state index in [1.165, 1.54) is 4.90 Å². The molecule has 100 valence electrons. The number of benzene rings is 1. The summed E-state index contributed by atoms with van der Waals surface area (Å²) in [6, 6.07) is 6.89. The molecule has 0 saturated carbocycles. The van der Waals surface area contributed by atoms with Crippen LogP contribution in [0, 0.1) is 0 Å². The SMILES string of the molecule is CCOC(=O)CCCN1C(=O)C(=O)c2ccccc21. The van der Waals surface area contributed by atoms with E-state index in [1.54, 1.807) is 31.2 Å². The summed E-state index contributed by atoms with van der Waals surface area (Å²) in [6.45, 7) is 2.44. The van der Waals surface area contributed by atoms with Gasteiger partial charge in [0.2, 0.25) is 0 Å². The van der Waals surface area contributed by atoms with Gasteiger partial charge in [0.1, 0.15) is 0 Å². The minimum absolute atomic E-state index is 0.244. The molecule has 1 aliphatic rings. The Morgan fingerprint density at radius 3 is 2.74 bits per heavy atom. The van der Waals surface area contributed by atoms with E-state index in [0.717, 1.165) is 0 Å². The number of amides is 1. The molecule has 0 aromatic heterocycles. The Bertz CT molecular complexity index is 524. The lowest BCUT2D eigenvalue weighted by Gasteiger charge is -2.15.